The Morgan fingerprint density at radius 2 is 0.651 bits per heavy atom. The minimum atomic E-state index is -0.885. The molecule has 0 aliphatic heterocycles. The Kier molecular flexibility index (Phi) is 31.0. The Hall–Kier alpha value is -7.54. The quantitative estimate of drug-likeness (QED) is 0.0214. The van der Waals surface area contributed by atoms with Crippen molar-refractivity contribution in [1.29, 1.82) is 0 Å². The van der Waals surface area contributed by atoms with Crippen LogP contribution in [0.1, 0.15) is 123 Å². The van der Waals surface area contributed by atoms with E-state index in [2.05, 4.69) is 13.2 Å². The van der Waals surface area contributed by atoms with Gasteiger partial charge in [-0.2, -0.15) is 0 Å². The molecule has 0 N–H and O–H groups in total. The van der Waals surface area contributed by atoms with Crippen LogP contribution in [0.5, 0.6) is 23.0 Å². The molecule has 2 aromatic carbocycles. The van der Waals surface area contributed by atoms with Crippen LogP contribution >= 0.6 is 0 Å². The summed E-state index contributed by atoms with van der Waals surface area (Å²) in [6.07, 6.45) is 7.95. The minimum Gasteiger partial charge on any atom is -0.465 e. The molecule has 0 spiro atoms. The minimum absolute atomic E-state index is 0.0104. The van der Waals surface area contributed by atoms with Crippen LogP contribution in [0.4, 0.5) is 0 Å². The van der Waals surface area contributed by atoms with Crippen LogP contribution in [0.15, 0.2) is 61.7 Å². The second kappa shape index (κ2) is 38.5. The second-order valence-corrected chi connectivity index (χ2v) is 20.6. The molecule has 86 heavy (non-hydrogen) atoms. The number of esters is 10. The molecular formula is C62H80O24. The molecule has 3 fully saturated rings. The molecule has 472 valence electrons. The van der Waals surface area contributed by atoms with Gasteiger partial charge in [-0.3, -0.25) is 28.8 Å². The highest BCUT2D eigenvalue weighted by Crippen LogP contribution is 2.37. The van der Waals surface area contributed by atoms with E-state index in [4.69, 9.17) is 66.3 Å². The first-order valence-electron chi connectivity index (χ1n) is 29.2. The predicted molar refractivity (Wildman–Crippen MR) is 300 cm³/mol. The Morgan fingerprint density at radius 1 is 0.360 bits per heavy atom. The van der Waals surface area contributed by atoms with Gasteiger partial charge in [0.25, 0.3) is 0 Å². The van der Waals surface area contributed by atoms with Crippen molar-refractivity contribution >= 4 is 59.7 Å². The van der Waals surface area contributed by atoms with Gasteiger partial charge in [0.2, 0.25) is 0 Å². The third kappa shape index (κ3) is 24.1. The summed E-state index contributed by atoms with van der Waals surface area (Å²) in [6, 6.07) is 7.89. The molecule has 0 heterocycles. The van der Waals surface area contributed by atoms with Crippen molar-refractivity contribution in [3.8, 4) is 23.0 Å². The molecule has 0 bridgehead atoms. The fourth-order valence-corrected chi connectivity index (χ4v) is 9.60. The van der Waals surface area contributed by atoms with E-state index < -0.39 is 83.3 Å². The van der Waals surface area contributed by atoms with E-state index in [0.29, 0.717) is 90.3 Å². The molecule has 5 rings (SSSR count). The highest BCUT2D eigenvalue weighted by Gasteiger charge is 2.36. The highest BCUT2D eigenvalue weighted by atomic mass is 16.6. The molecule has 3 saturated carbocycles. The van der Waals surface area contributed by atoms with Crippen molar-refractivity contribution in [2.24, 2.45) is 35.5 Å². The Bertz CT molecular complexity index is 2410. The zero-order chi connectivity index (χ0) is 62.1. The van der Waals surface area contributed by atoms with E-state index in [0.717, 1.165) is 12.2 Å². The van der Waals surface area contributed by atoms with Crippen molar-refractivity contribution in [3.05, 3.63) is 72.8 Å². The number of ether oxygens (including phenoxy) is 14. The van der Waals surface area contributed by atoms with Gasteiger partial charge >= 0.3 is 59.7 Å². The van der Waals surface area contributed by atoms with Gasteiger partial charge in [-0.25, -0.2) is 19.2 Å². The fourth-order valence-electron chi connectivity index (χ4n) is 9.60. The maximum absolute atomic E-state index is 13.8. The Balaban J connectivity index is 1.15. The second-order valence-electron chi connectivity index (χ2n) is 20.6. The van der Waals surface area contributed by atoms with Gasteiger partial charge in [-0.05, 0) is 139 Å². The van der Waals surface area contributed by atoms with E-state index >= 15 is 0 Å². The van der Waals surface area contributed by atoms with Crippen LogP contribution in [0.2, 0.25) is 0 Å². The maximum Gasteiger partial charge on any atom is 0.342 e. The predicted octanol–water partition coefficient (Wildman–Crippen LogP) is 7.17. The largest absolute Gasteiger partial charge is 0.465 e. The molecule has 3 aliphatic rings. The maximum atomic E-state index is 13.8. The van der Waals surface area contributed by atoms with Gasteiger partial charge in [0.1, 0.15) is 47.3 Å². The molecule has 0 amide bonds. The fraction of sp³-hybridized carbons (Fsp3) is 0.581. The van der Waals surface area contributed by atoms with Crippen LogP contribution in [0.3, 0.4) is 0 Å². The number of methoxy groups -OCH3 is 2. The first-order chi connectivity index (χ1) is 41.6. The average Bonchev–Trinajstić information content (AvgIpc) is 3.26. The molecular weight excluding hydrogens is 1130 g/mol. The van der Waals surface area contributed by atoms with Gasteiger partial charge in [-0.15, -0.1) is 0 Å². The number of carbonyl (C=O) groups is 10. The van der Waals surface area contributed by atoms with Gasteiger partial charge in [0, 0.05) is 26.4 Å². The van der Waals surface area contributed by atoms with E-state index in [9.17, 15) is 47.9 Å². The van der Waals surface area contributed by atoms with Crippen LogP contribution in [-0.2, 0) is 85.7 Å². The van der Waals surface area contributed by atoms with Crippen LogP contribution in [0, 0.1) is 35.5 Å². The number of rotatable bonds is 36. The van der Waals surface area contributed by atoms with Crippen LogP contribution in [-0.4, -0.2) is 153 Å². The summed E-state index contributed by atoms with van der Waals surface area (Å²) in [4.78, 5) is 129. The topological polar surface area (TPSA) is 300 Å². The molecule has 2 aromatic rings. The lowest BCUT2D eigenvalue weighted by molar-refractivity contribution is -0.152. The summed E-state index contributed by atoms with van der Waals surface area (Å²) in [7, 11) is 3.03. The molecule has 0 aromatic heterocycles. The lowest BCUT2D eigenvalue weighted by Gasteiger charge is -2.26. The lowest BCUT2D eigenvalue weighted by Crippen LogP contribution is -2.31. The summed E-state index contributed by atoms with van der Waals surface area (Å²) in [5.74, 6) is -9.69. The lowest BCUT2D eigenvalue weighted by atomic mass is 9.82. The van der Waals surface area contributed by atoms with Gasteiger partial charge in [0.15, 0.2) is 0 Å². The Labute approximate surface area is 500 Å². The number of hydrogen-bond donors (Lipinski definition) is 0. The van der Waals surface area contributed by atoms with Crippen LogP contribution in [0.25, 0.3) is 0 Å². The zero-order valence-electron chi connectivity index (χ0n) is 49.1. The summed E-state index contributed by atoms with van der Waals surface area (Å²) in [6.45, 7) is 8.30. The van der Waals surface area contributed by atoms with Crippen molar-refractivity contribution < 1.29 is 114 Å². The van der Waals surface area contributed by atoms with Crippen LogP contribution < -0.4 is 18.9 Å². The normalized spacial score (nSPS) is 19.0. The summed E-state index contributed by atoms with van der Waals surface area (Å²) < 4.78 is 75.4. The number of hydrogen-bond acceptors (Lipinski definition) is 24. The van der Waals surface area contributed by atoms with Gasteiger partial charge < -0.3 is 66.3 Å². The van der Waals surface area contributed by atoms with E-state index in [1.165, 1.54) is 50.6 Å². The smallest absolute Gasteiger partial charge is 0.342 e. The molecule has 0 atom stereocenters. The molecule has 3 aliphatic carbocycles. The summed E-state index contributed by atoms with van der Waals surface area (Å²) in [5, 5.41) is 0. The molecule has 24 nitrogen and oxygen atoms in total. The first kappa shape index (κ1) is 69.2. The highest BCUT2D eigenvalue weighted by molar-refractivity contribution is 5.95. The van der Waals surface area contributed by atoms with Crippen molar-refractivity contribution in [2.75, 3.05) is 93.5 Å². The van der Waals surface area contributed by atoms with E-state index in [1.54, 1.807) is 0 Å². The van der Waals surface area contributed by atoms with Crippen molar-refractivity contribution in [3.63, 3.8) is 0 Å². The monoisotopic (exact) mass is 1210 g/mol. The van der Waals surface area contributed by atoms with Crippen molar-refractivity contribution in [2.45, 2.75) is 103 Å². The average molecular weight is 1210 g/mol. The zero-order valence-corrected chi connectivity index (χ0v) is 49.1. The Morgan fingerprint density at radius 3 is 0.965 bits per heavy atom. The molecule has 0 unspecified atom stereocenters. The number of benzene rings is 2. The van der Waals surface area contributed by atoms with Gasteiger partial charge in [-0.1, -0.05) is 13.2 Å². The summed E-state index contributed by atoms with van der Waals surface area (Å²) >= 11 is 0. The van der Waals surface area contributed by atoms with E-state index in [1.807, 2.05) is 0 Å². The van der Waals surface area contributed by atoms with Gasteiger partial charge in [0.05, 0.1) is 102 Å². The standard InChI is InChI=1S/C62H80O24/c1-5-53(63)77-27-7-9-29-79-55(65)41-11-15-43(16-12-41)57(67)83-47-23-25-51(49(39-47)61(71)81-37-35-75-33-31-73-3)85-59(69)45-19-21-46(22-20-45)60(70)86-52-26-24-48(40-50(52)62(72)82-38-36-76-34-32-74-4)84-58(68)44-17-13-42(14-18-44)56(66)80-30-10-8-28-78-54(64)6-2/h5-6,23-26,39-46H,1-2,7-22,27-38H2,3-4H3. The summed E-state index contributed by atoms with van der Waals surface area (Å²) in [5.41, 5.74) is -0.398. The SMILES string of the molecule is C=CC(=O)OCCCCOC(=O)C1CCC(C(=O)Oc2ccc(OC(=O)C3CCC(C(=O)Oc4ccc(OC(=O)C5CCC(C(=O)OCCCCOC(=O)C=C)CC5)cc4C(=O)OCCOCCOC)CC3)c(C(=O)OCCOCCOC)c2)CC1. The third-order valence-corrected chi connectivity index (χ3v) is 14.6. The first-order valence-corrected chi connectivity index (χ1v) is 29.2. The number of carbonyl (C=O) groups excluding carboxylic acids is 10. The molecule has 24 heteroatoms. The molecule has 0 saturated heterocycles. The third-order valence-electron chi connectivity index (χ3n) is 14.6. The van der Waals surface area contributed by atoms with Crippen molar-refractivity contribution in [1.82, 2.24) is 0 Å². The molecule has 0 radical (unpaired) electrons. The van der Waals surface area contributed by atoms with E-state index in [-0.39, 0.29) is 138 Å². The number of unbranched alkanes of at least 4 members (excludes halogenated alkanes) is 2.